The lowest BCUT2D eigenvalue weighted by molar-refractivity contribution is -0.118. The number of carbonyl (C=O) groups is 1. The number of thiazole rings is 1. The summed E-state index contributed by atoms with van der Waals surface area (Å²) in [7, 11) is 3.81. The molecule has 1 fully saturated rings. The van der Waals surface area contributed by atoms with E-state index in [1.54, 1.807) is 19.5 Å². The van der Waals surface area contributed by atoms with Crippen LogP contribution in [-0.4, -0.2) is 79.1 Å². The summed E-state index contributed by atoms with van der Waals surface area (Å²) in [4.78, 5) is 29.0. The summed E-state index contributed by atoms with van der Waals surface area (Å²) in [5.74, 6) is 0.813. The van der Waals surface area contributed by atoms with Crippen molar-refractivity contribution in [3.8, 4) is 17.0 Å². The highest BCUT2D eigenvalue weighted by atomic mass is 32.1. The van der Waals surface area contributed by atoms with Crippen LogP contribution in [0.2, 0.25) is 0 Å². The predicted molar refractivity (Wildman–Crippen MR) is 133 cm³/mol. The first-order valence-corrected chi connectivity index (χ1v) is 12.2. The van der Waals surface area contributed by atoms with E-state index >= 15 is 0 Å². The van der Waals surface area contributed by atoms with E-state index < -0.39 is 0 Å². The minimum absolute atomic E-state index is 0.0530. The Bertz CT molecular complexity index is 1030. The number of pyridine rings is 1. The van der Waals surface area contributed by atoms with Gasteiger partial charge in [0, 0.05) is 56.1 Å². The van der Waals surface area contributed by atoms with Crippen LogP contribution in [-0.2, 0) is 11.2 Å². The Hall–Kier alpha value is -2.81. The van der Waals surface area contributed by atoms with E-state index in [2.05, 4.69) is 21.8 Å². The largest absolute Gasteiger partial charge is 0.497 e. The molecule has 1 aliphatic heterocycles. The van der Waals surface area contributed by atoms with Gasteiger partial charge in [-0.2, -0.15) is 0 Å². The van der Waals surface area contributed by atoms with Crippen molar-refractivity contribution < 1.29 is 9.53 Å². The Balaban J connectivity index is 1.47. The number of likely N-dealkylation sites (N-methyl/N-ethyl adjacent to an activating group) is 1. The molecule has 0 bridgehead atoms. The Labute approximate surface area is 199 Å². The number of hydrogen-bond donors (Lipinski definition) is 0. The van der Waals surface area contributed by atoms with Crippen molar-refractivity contribution in [2.75, 3.05) is 58.3 Å². The van der Waals surface area contributed by atoms with Gasteiger partial charge in [-0.25, -0.2) is 4.98 Å². The maximum atomic E-state index is 13.4. The van der Waals surface area contributed by atoms with Crippen molar-refractivity contribution >= 4 is 22.4 Å². The summed E-state index contributed by atoms with van der Waals surface area (Å²) in [6.45, 7) is 5.99. The number of ether oxygens (including phenoxy) is 1. The highest BCUT2D eigenvalue weighted by Gasteiger charge is 2.21. The molecule has 1 aromatic carbocycles. The molecule has 0 N–H and O–H groups in total. The second-order valence-corrected chi connectivity index (χ2v) is 9.16. The average molecular weight is 466 g/mol. The molecular weight excluding hydrogens is 434 g/mol. The van der Waals surface area contributed by atoms with Gasteiger partial charge in [0.25, 0.3) is 0 Å². The second kappa shape index (κ2) is 11.4. The van der Waals surface area contributed by atoms with Gasteiger partial charge in [0.05, 0.1) is 19.2 Å². The molecule has 33 heavy (non-hydrogen) atoms. The molecule has 2 aromatic heterocycles. The van der Waals surface area contributed by atoms with Gasteiger partial charge in [-0.05, 0) is 49.8 Å². The van der Waals surface area contributed by atoms with E-state index in [9.17, 15) is 4.79 Å². The fourth-order valence-electron chi connectivity index (χ4n) is 3.95. The lowest BCUT2D eigenvalue weighted by atomic mass is 10.1. The van der Waals surface area contributed by atoms with Crippen molar-refractivity contribution in [1.82, 2.24) is 19.8 Å². The molecule has 1 aliphatic rings. The van der Waals surface area contributed by atoms with E-state index in [4.69, 9.17) is 9.72 Å². The maximum Gasteiger partial charge on any atom is 0.233 e. The van der Waals surface area contributed by atoms with Crippen LogP contribution in [0.1, 0.15) is 12.0 Å². The Morgan fingerprint density at radius 1 is 1.15 bits per heavy atom. The first kappa shape index (κ1) is 23.4. The van der Waals surface area contributed by atoms with E-state index in [-0.39, 0.29) is 5.91 Å². The van der Waals surface area contributed by atoms with Crippen molar-refractivity contribution in [2.45, 2.75) is 12.8 Å². The number of hydrogen-bond acceptors (Lipinski definition) is 7. The molecule has 1 saturated heterocycles. The molecule has 1 amide bonds. The average Bonchev–Trinajstić information content (AvgIpc) is 3.33. The number of carbonyl (C=O) groups excluding carboxylic acids is 1. The van der Waals surface area contributed by atoms with Crippen LogP contribution >= 0.6 is 11.3 Å². The Kier molecular flexibility index (Phi) is 8.04. The zero-order valence-electron chi connectivity index (χ0n) is 19.3. The minimum Gasteiger partial charge on any atom is -0.497 e. The van der Waals surface area contributed by atoms with Crippen LogP contribution in [0.15, 0.2) is 54.2 Å². The van der Waals surface area contributed by atoms with Gasteiger partial charge in [0.2, 0.25) is 5.91 Å². The van der Waals surface area contributed by atoms with Crippen LogP contribution in [0.4, 0.5) is 5.13 Å². The van der Waals surface area contributed by atoms with Gasteiger partial charge >= 0.3 is 0 Å². The summed E-state index contributed by atoms with van der Waals surface area (Å²) in [5.41, 5.74) is 2.81. The smallest absolute Gasteiger partial charge is 0.233 e. The molecule has 8 heteroatoms. The molecule has 0 unspecified atom stereocenters. The van der Waals surface area contributed by atoms with Gasteiger partial charge in [-0.15, -0.1) is 11.3 Å². The van der Waals surface area contributed by atoms with Crippen molar-refractivity contribution in [3.63, 3.8) is 0 Å². The third-order valence-electron chi connectivity index (χ3n) is 5.94. The summed E-state index contributed by atoms with van der Waals surface area (Å²) >= 11 is 1.51. The lowest BCUT2D eigenvalue weighted by Crippen LogP contribution is -2.45. The number of methoxy groups -OCH3 is 1. The van der Waals surface area contributed by atoms with Gasteiger partial charge < -0.3 is 14.5 Å². The second-order valence-electron chi connectivity index (χ2n) is 8.32. The van der Waals surface area contributed by atoms with Crippen molar-refractivity contribution in [2.24, 2.45) is 0 Å². The molecule has 3 heterocycles. The van der Waals surface area contributed by atoms with Crippen LogP contribution in [0, 0.1) is 0 Å². The number of benzene rings is 1. The molecule has 7 nitrogen and oxygen atoms in total. The van der Waals surface area contributed by atoms with Crippen LogP contribution in [0.3, 0.4) is 0 Å². The van der Waals surface area contributed by atoms with E-state index in [1.165, 1.54) is 11.3 Å². The number of anilines is 1. The van der Waals surface area contributed by atoms with E-state index in [0.717, 1.165) is 66.8 Å². The third-order valence-corrected chi connectivity index (χ3v) is 6.81. The predicted octanol–water partition coefficient (Wildman–Crippen LogP) is 3.43. The van der Waals surface area contributed by atoms with E-state index in [0.29, 0.717) is 13.0 Å². The first-order chi connectivity index (χ1) is 16.1. The fraction of sp³-hybridized carbons (Fsp3) is 0.400. The van der Waals surface area contributed by atoms with Crippen LogP contribution < -0.4 is 9.64 Å². The molecule has 0 spiro atoms. The van der Waals surface area contributed by atoms with Crippen LogP contribution in [0.5, 0.6) is 5.75 Å². The summed E-state index contributed by atoms with van der Waals surface area (Å²) in [6.07, 6.45) is 4.75. The van der Waals surface area contributed by atoms with Gasteiger partial charge in [-0.1, -0.05) is 12.1 Å². The molecule has 4 rings (SSSR count). The topological polar surface area (TPSA) is 61.8 Å². The quantitative estimate of drug-likeness (QED) is 0.483. The highest BCUT2D eigenvalue weighted by Crippen LogP contribution is 2.28. The Morgan fingerprint density at radius 3 is 2.70 bits per heavy atom. The zero-order valence-corrected chi connectivity index (χ0v) is 20.1. The van der Waals surface area contributed by atoms with Gasteiger partial charge in [0.1, 0.15) is 5.75 Å². The van der Waals surface area contributed by atoms with E-state index in [1.807, 2.05) is 46.7 Å². The normalized spacial score (nSPS) is 14.8. The lowest BCUT2D eigenvalue weighted by Gasteiger charge is -2.32. The zero-order chi connectivity index (χ0) is 23.0. The minimum atomic E-state index is 0.0530. The first-order valence-electron chi connectivity index (χ1n) is 11.3. The number of aromatic nitrogens is 2. The Morgan fingerprint density at radius 2 is 1.94 bits per heavy atom. The summed E-state index contributed by atoms with van der Waals surface area (Å²) in [5, 5.41) is 2.75. The molecule has 0 aliphatic carbocycles. The maximum absolute atomic E-state index is 13.4. The van der Waals surface area contributed by atoms with Gasteiger partial charge in [-0.3, -0.25) is 14.7 Å². The highest BCUT2D eigenvalue weighted by molar-refractivity contribution is 7.14. The molecule has 0 atom stereocenters. The third kappa shape index (κ3) is 6.37. The van der Waals surface area contributed by atoms with Crippen LogP contribution in [0.25, 0.3) is 11.3 Å². The molecule has 0 radical (unpaired) electrons. The van der Waals surface area contributed by atoms with Gasteiger partial charge in [0.15, 0.2) is 5.13 Å². The monoisotopic (exact) mass is 465 g/mol. The van der Waals surface area contributed by atoms with Crippen molar-refractivity contribution in [1.29, 1.82) is 0 Å². The summed E-state index contributed by atoms with van der Waals surface area (Å²) < 4.78 is 5.32. The molecule has 174 valence electrons. The number of amides is 1. The molecular formula is C25H31N5O2S. The molecule has 3 aromatic rings. The summed E-state index contributed by atoms with van der Waals surface area (Å²) in [6, 6.07) is 11.6. The van der Waals surface area contributed by atoms with Crippen molar-refractivity contribution in [3.05, 3.63) is 59.7 Å². The number of piperazine rings is 1. The number of rotatable bonds is 9. The fourth-order valence-corrected chi connectivity index (χ4v) is 4.82. The standard InChI is InChI=1S/C25H31N5O2S/c1-28-13-15-29(16-14-28)11-4-12-30(24(31)18-20-5-3-6-22(17-20)32-2)25-27-23(19-33-25)21-7-9-26-10-8-21/h3,5-10,17,19H,4,11-16,18H2,1-2H3. The number of nitrogens with zero attached hydrogens (tertiary/aromatic N) is 5. The SMILES string of the molecule is COc1cccc(CC(=O)N(CCCN2CCN(C)CC2)c2nc(-c3ccncc3)cs2)c1. The molecule has 0 saturated carbocycles.